The van der Waals surface area contributed by atoms with E-state index in [2.05, 4.69) is 12.2 Å². The molecule has 0 saturated heterocycles. The summed E-state index contributed by atoms with van der Waals surface area (Å²) in [6.07, 6.45) is 7.24. The van der Waals surface area contributed by atoms with Crippen LogP contribution in [0.2, 0.25) is 0 Å². The lowest BCUT2D eigenvalue weighted by Crippen LogP contribution is -2.38. The van der Waals surface area contributed by atoms with E-state index in [1.54, 1.807) is 0 Å². The van der Waals surface area contributed by atoms with Crippen LogP contribution in [0.5, 0.6) is 0 Å². The van der Waals surface area contributed by atoms with Gasteiger partial charge in [-0.05, 0) is 19.3 Å². The SMILES string of the molecule is CCCOCC(O)CNC1CCCCC1. The van der Waals surface area contributed by atoms with Gasteiger partial charge in [-0.2, -0.15) is 0 Å². The average Bonchev–Trinajstić information content (AvgIpc) is 2.28. The first-order valence-corrected chi connectivity index (χ1v) is 6.32. The Labute approximate surface area is 93.2 Å². The molecular formula is C12H25NO2. The minimum absolute atomic E-state index is 0.349. The lowest BCUT2D eigenvalue weighted by Gasteiger charge is -2.24. The summed E-state index contributed by atoms with van der Waals surface area (Å²) in [6, 6.07) is 0.625. The second-order valence-corrected chi connectivity index (χ2v) is 4.47. The predicted octanol–water partition coefficient (Wildman–Crippen LogP) is 1.70. The number of hydrogen-bond acceptors (Lipinski definition) is 3. The fourth-order valence-corrected chi connectivity index (χ4v) is 2.03. The molecule has 3 nitrogen and oxygen atoms in total. The van der Waals surface area contributed by atoms with Crippen molar-refractivity contribution in [2.75, 3.05) is 19.8 Å². The molecule has 1 aliphatic carbocycles. The maximum atomic E-state index is 9.62. The van der Waals surface area contributed by atoms with Crippen LogP contribution in [0, 0.1) is 0 Å². The van der Waals surface area contributed by atoms with E-state index in [1.807, 2.05) is 0 Å². The van der Waals surface area contributed by atoms with Crippen LogP contribution in [-0.2, 0) is 4.74 Å². The molecular weight excluding hydrogens is 190 g/mol. The molecule has 0 radical (unpaired) electrons. The molecule has 0 aromatic heterocycles. The highest BCUT2D eigenvalue weighted by molar-refractivity contribution is 4.73. The van der Waals surface area contributed by atoms with Gasteiger partial charge in [-0.15, -0.1) is 0 Å². The second kappa shape index (κ2) is 8.08. The first-order valence-electron chi connectivity index (χ1n) is 6.32. The highest BCUT2D eigenvalue weighted by Crippen LogP contribution is 2.17. The Kier molecular flexibility index (Phi) is 6.98. The summed E-state index contributed by atoms with van der Waals surface area (Å²) in [5.74, 6) is 0. The molecule has 0 aromatic rings. The summed E-state index contributed by atoms with van der Waals surface area (Å²) in [5, 5.41) is 13.0. The van der Waals surface area contributed by atoms with Gasteiger partial charge in [0.2, 0.25) is 0 Å². The molecule has 0 spiro atoms. The van der Waals surface area contributed by atoms with Gasteiger partial charge in [-0.3, -0.25) is 0 Å². The number of nitrogens with one attached hydrogen (secondary N) is 1. The fraction of sp³-hybridized carbons (Fsp3) is 1.00. The lowest BCUT2D eigenvalue weighted by atomic mass is 9.95. The van der Waals surface area contributed by atoms with Gasteiger partial charge in [-0.25, -0.2) is 0 Å². The zero-order chi connectivity index (χ0) is 10.9. The van der Waals surface area contributed by atoms with Gasteiger partial charge in [0, 0.05) is 19.2 Å². The van der Waals surface area contributed by atoms with Gasteiger partial charge >= 0.3 is 0 Å². The maximum Gasteiger partial charge on any atom is 0.0897 e. The van der Waals surface area contributed by atoms with Gasteiger partial charge in [0.15, 0.2) is 0 Å². The van der Waals surface area contributed by atoms with Crippen molar-refractivity contribution in [1.82, 2.24) is 5.32 Å². The van der Waals surface area contributed by atoms with Gasteiger partial charge in [0.25, 0.3) is 0 Å². The highest BCUT2D eigenvalue weighted by Gasteiger charge is 2.14. The van der Waals surface area contributed by atoms with E-state index >= 15 is 0 Å². The van der Waals surface area contributed by atoms with Crippen LogP contribution in [0.15, 0.2) is 0 Å². The van der Waals surface area contributed by atoms with E-state index in [1.165, 1.54) is 32.1 Å². The standard InChI is InChI=1S/C12H25NO2/c1-2-8-15-10-12(14)9-13-11-6-4-3-5-7-11/h11-14H,2-10H2,1H3. The van der Waals surface area contributed by atoms with Crippen molar-refractivity contribution in [2.45, 2.75) is 57.6 Å². The van der Waals surface area contributed by atoms with Crippen LogP contribution in [0.1, 0.15) is 45.4 Å². The maximum absolute atomic E-state index is 9.62. The molecule has 0 heterocycles. The normalized spacial score (nSPS) is 20.4. The summed E-state index contributed by atoms with van der Waals surface area (Å²) in [7, 11) is 0. The third kappa shape index (κ3) is 6.13. The van der Waals surface area contributed by atoms with Crippen molar-refractivity contribution in [3.05, 3.63) is 0 Å². The van der Waals surface area contributed by atoms with Gasteiger partial charge in [0.05, 0.1) is 12.7 Å². The topological polar surface area (TPSA) is 41.5 Å². The fourth-order valence-electron chi connectivity index (χ4n) is 2.03. The van der Waals surface area contributed by atoms with Crippen LogP contribution < -0.4 is 5.32 Å². The lowest BCUT2D eigenvalue weighted by molar-refractivity contribution is 0.0353. The van der Waals surface area contributed by atoms with E-state index in [9.17, 15) is 5.11 Å². The quantitative estimate of drug-likeness (QED) is 0.635. The third-order valence-corrected chi connectivity index (χ3v) is 2.91. The molecule has 1 unspecified atom stereocenters. The second-order valence-electron chi connectivity index (χ2n) is 4.47. The molecule has 1 aliphatic rings. The third-order valence-electron chi connectivity index (χ3n) is 2.91. The molecule has 0 amide bonds. The van der Waals surface area contributed by atoms with Crippen LogP contribution in [0.4, 0.5) is 0 Å². The monoisotopic (exact) mass is 215 g/mol. The first kappa shape index (κ1) is 12.9. The molecule has 1 fully saturated rings. The van der Waals surface area contributed by atoms with Crippen LogP contribution in [0.3, 0.4) is 0 Å². The Hall–Kier alpha value is -0.120. The molecule has 15 heavy (non-hydrogen) atoms. The summed E-state index contributed by atoms with van der Waals surface area (Å²) < 4.78 is 5.29. The Morgan fingerprint density at radius 2 is 2.07 bits per heavy atom. The van der Waals surface area contributed by atoms with Crippen LogP contribution in [-0.4, -0.2) is 37.0 Å². The largest absolute Gasteiger partial charge is 0.389 e. The summed E-state index contributed by atoms with van der Waals surface area (Å²) >= 11 is 0. The Balaban J connectivity index is 1.97. The van der Waals surface area contributed by atoms with Crippen molar-refractivity contribution in [3.63, 3.8) is 0 Å². The molecule has 0 aliphatic heterocycles. The van der Waals surface area contributed by atoms with Crippen molar-refractivity contribution >= 4 is 0 Å². The Morgan fingerprint density at radius 1 is 1.33 bits per heavy atom. The minimum atomic E-state index is -0.349. The smallest absolute Gasteiger partial charge is 0.0897 e. The molecule has 1 saturated carbocycles. The predicted molar refractivity (Wildman–Crippen MR) is 62.0 cm³/mol. The number of aliphatic hydroxyl groups is 1. The summed E-state index contributed by atoms with van der Waals surface area (Å²) in [5.41, 5.74) is 0. The molecule has 0 aromatic carbocycles. The van der Waals surface area contributed by atoms with Gasteiger partial charge in [-0.1, -0.05) is 26.2 Å². The van der Waals surface area contributed by atoms with E-state index in [4.69, 9.17) is 4.74 Å². The molecule has 1 atom stereocenters. The Morgan fingerprint density at radius 3 is 2.73 bits per heavy atom. The van der Waals surface area contributed by atoms with Crippen LogP contribution >= 0.6 is 0 Å². The number of rotatable bonds is 7. The summed E-state index contributed by atoms with van der Waals surface area (Å²) in [4.78, 5) is 0. The molecule has 90 valence electrons. The number of ether oxygens (including phenoxy) is 1. The van der Waals surface area contributed by atoms with Crippen molar-refractivity contribution < 1.29 is 9.84 Å². The van der Waals surface area contributed by atoms with Gasteiger partial charge < -0.3 is 15.2 Å². The number of hydrogen-bond donors (Lipinski definition) is 2. The van der Waals surface area contributed by atoms with E-state index in [0.717, 1.165) is 13.0 Å². The zero-order valence-corrected chi connectivity index (χ0v) is 9.87. The molecule has 0 bridgehead atoms. The van der Waals surface area contributed by atoms with Crippen molar-refractivity contribution in [2.24, 2.45) is 0 Å². The van der Waals surface area contributed by atoms with Crippen molar-refractivity contribution in [3.8, 4) is 0 Å². The number of aliphatic hydroxyl groups excluding tert-OH is 1. The molecule has 2 N–H and O–H groups in total. The Bertz CT molecular complexity index is 147. The van der Waals surface area contributed by atoms with E-state index in [0.29, 0.717) is 19.2 Å². The molecule has 3 heteroatoms. The summed E-state index contributed by atoms with van der Waals surface area (Å²) in [6.45, 7) is 3.97. The average molecular weight is 215 g/mol. The molecule has 1 rings (SSSR count). The van der Waals surface area contributed by atoms with E-state index < -0.39 is 0 Å². The highest BCUT2D eigenvalue weighted by atomic mass is 16.5. The first-order chi connectivity index (χ1) is 7.33. The van der Waals surface area contributed by atoms with E-state index in [-0.39, 0.29) is 6.10 Å². The minimum Gasteiger partial charge on any atom is -0.389 e. The van der Waals surface area contributed by atoms with Crippen molar-refractivity contribution in [1.29, 1.82) is 0 Å². The van der Waals surface area contributed by atoms with Crippen LogP contribution in [0.25, 0.3) is 0 Å². The van der Waals surface area contributed by atoms with Gasteiger partial charge in [0.1, 0.15) is 0 Å². The zero-order valence-electron chi connectivity index (χ0n) is 9.87.